The summed E-state index contributed by atoms with van der Waals surface area (Å²) < 4.78 is 31.0. The van der Waals surface area contributed by atoms with Gasteiger partial charge in [0, 0.05) is 13.2 Å². The van der Waals surface area contributed by atoms with Crippen LogP contribution in [0.25, 0.3) is 0 Å². The van der Waals surface area contributed by atoms with E-state index in [9.17, 15) is 13.5 Å². The number of nitrogens with one attached hydrogen (secondary N) is 1. The first-order chi connectivity index (χ1) is 7.04. The van der Waals surface area contributed by atoms with Gasteiger partial charge in [-0.05, 0) is 19.3 Å². The Hall–Kier alpha value is -0.170. The number of hydrogen-bond donors (Lipinski definition) is 2. The minimum atomic E-state index is -3.27. The second-order valence-electron chi connectivity index (χ2n) is 3.97. The molecule has 6 heteroatoms. The van der Waals surface area contributed by atoms with Crippen LogP contribution in [0.1, 0.15) is 26.2 Å². The van der Waals surface area contributed by atoms with Crippen molar-refractivity contribution in [3.8, 4) is 0 Å². The summed E-state index contributed by atoms with van der Waals surface area (Å²) in [6.45, 7) is 2.64. The normalized spacial score (nSPS) is 21.5. The Morgan fingerprint density at radius 3 is 2.47 bits per heavy atom. The van der Waals surface area contributed by atoms with E-state index in [4.69, 9.17) is 4.74 Å². The monoisotopic (exact) mass is 237 g/mol. The summed E-state index contributed by atoms with van der Waals surface area (Å²) in [5.41, 5.74) is -0.702. The molecular weight excluding hydrogens is 218 g/mol. The molecule has 1 aliphatic heterocycles. The van der Waals surface area contributed by atoms with Crippen LogP contribution in [0.5, 0.6) is 0 Å². The molecule has 0 radical (unpaired) electrons. The molecule has 1 fully saturated rings. The van der Waals surface area contributed by atoms with Crippen molar-refractivity contribution < 1.29 is 18.3 Å². The summed E-state index contributed by atoms with van der Waals surface area (Å²) in [7, 11) is -3.27. The zero-order chi connectivity index (χ0) is 11.4. The lowest BCUT2D eigenvalue weighted by Crippen LogP contribution is -2.54. The predicted molar refractivity (Wildman–Crippen MR) is 57.1 cm³/mol. The Morgan fingerprint density at radius 1 is 1.40 bits per heavy atom. The van der Waals surface area contributed by atoms with Gasteiger partial charge in [0.2, 0.25) is 10.0 Å². The number of rotatable bonds is 5. The molecule has 15 heavy (non-hydrogen) atoms. The van der Waals surface area contributed by atoms with Gasteiger partial charge in [0.25, 0.3) is 0 Å². The van der Waals surface area contributed by atoms with Crippen LogP contribution >= 0.6 is 0 Å². The van der Waals surface area contributed by atoms with Gasteiger partial charge in [-0.15, -0.1) is 0 Å². The maximum atomic E-state index is 11.6. The van der Waals surface area contributed by atoms with Crippen molar-refractivity contribution in [2.45, 2.75) is 31.7 Å². The summed E-state index contributed by atoms with van der Waals surface area (Å²) in [6.07, 6.45) is 1.65. The van der Waals surface area contributed by atoms with Crippen LogP contribution in [-0.4, -0.2) is 44.6 Å². The number of aliphatic hydroxyl groups excluding tert-OH is 1. The maximum Gasteiger partial charge on any atom is 0.212 e. The number of sulfonamides is 1. The van der Waals surface area contributed by atoms with E-state index < -0.39 is 15.6 Å². The van der Waals surface area contributed by atoms with E-state index in [0.717, 1.165) is 0 Å². The third kappa shape index (κ3) is 3.71. The summed E-state index contributed by atoms with van der Waals surface area (Å²) in [6, 6.07) is 0. The molecule has 0 aromatic carbocycles. The largest absolute Gasteiger partial charge is 0.394 e. The van der Waals surface area contributed by atoms with Gasteiger partial charge >= 0.3 is 0 Å². The summed E-state index contributed by atoms with van der Waals surface area (Å²) in [4.78, 5) is 0. The van der Waals surface area contributed by atoms with Crippen LogP contribution in [-0.2, 0) is 14.8 Å². The Morgan fingerprint density at radius 2 is 2.00 bits per heavy atom. The molecule has 1 heterocycles. The van der Waals surface area contributed by atoms with Gasteiger partial charge in [-0.25, -0.2) is 13.1 Å². The van der Waals surface area contributed by atoms with Crippen molar-refractivity contribution in [2.24, 2.45) is 0 Å². The van der Waals surface area contributed by atoms with Gasteiger partial charge in [0.05, 0.1) is 17.9 Å². The fraction of sp³-hybridized carbons (Fsp3) is 1.00. The van der Waals surface area contributed by atoms with Crippen molar-refractivity contribution in [1.29, 1.82) is 0 Å². The molecule has 0 unspecified atom stereocenters. The van der Waals surface area contributed by atoms with Crippen molar-refractivity contribution in [3.63, 3.8) is 0 Å². The van der Waals surface area contributed by atoms with Crippen molar-refractivity contribution >= 4 is 10.0 Å². The van der Waals surface area contributed by atoms with Crippen LogP contribution in [0.2, 0.25) is 0 Å². The topological polar surface area (TPSA) is 75.6 Å². The third-order valence-electron chi connectivity index (χ3n) is 2.60. The number of hydrogen-bond acceptors (Lipinski definition) is 4. The number of aliphatic hydroxyl groups is 1. The first-order valence-electron chi connectivity index (χ1n) is 5.24. The van der Waals surface area contributed by atoms with E-state index in [0.29, 0.717) is 32.5 Å². The second kappa shape index (κ2) is 5.25. The van der Waals surface area contributed by atoms with E-state index in [-0.39, 0.29) is 12.4 Å². The molecule has 1 aliphatic rings. The zero-order valence-corrected chi connectivity index (χ0v) is 9.85. The smallest absolute Gasteiger partial charge is 0.212 e. The van der Waals surface area contributed by atoms with Crippen LogP contribution in [0.4, 0.5) is 0 Å². The molecule has 0 amide bonds. The lowest BCUT2D eigenvalue weighted by atomic mass is 9.93. The zero-order valence-electron chi connectivity index (χ0n) is 9.03. The highest BCUT2D eigenvalue weighted by Gasteiger charge is 2.35. The van der Waals surface area contributed by atoms with E-state index in [1.165, 1.54) is 0 Å². The second-order valence-corrected chi connectivity index (χ2v) is 5.81. The Balaban J connectivity index is 2.66. The predicted octanol–water partition coefficient (Wildman–Crippen LogP) is -0.143. The van der Waals surface area contributed by atoms with Gasteiger partial charge < -0.3 is 9.84 Å². The average molecular weight is 237 g/mol. The van der Waals surface area contributed by atoms with Crippen molar-refractivity contribution in [1.82, 2.24) is 4.72 Å². The molecule has 0 aromatic heterocycles. The molecule has 2 N–H and O–H groups in total. The van der Waals surface area contributed by atoms with E-state index in [2.05, 4.69) is 4.72 Å². The lowest BCUT2D eigenvalue weighted by molar-refractivity contribution is 0.0223. The van der Waals surface area contributed by atoms with Gasteiger partial charge in [-0.2, -0.15) is 0 Å². The van der Waals surface area contributed by atoms with Gasteiger partial charge in [-0.1, -0.05) is 6.92 Å². The lowest BCUT2D eigenvalue weighted by Gasteiger charge is -2.35. The highest BCUT2D eigenvalue weighted by molar-refractivity contribution is 7.89. The standard InChI is InChI=1S/C9H19NO4S/c1-2-7-15(12,13)10-9(8-11)3-5-14-6-4-9/h10-11H,2-8H2,1H3. The van der Waals surface area contributed by atoms with Crippen LogP contribution in [0.3, 0.4) is 0 Å². The first kappa shape index (κ1) is 12.9. The number of ether oxygens (including phenoxy) is 1. The highest BCUT2D eigenvalue weighted by Crippen LogP contribution is 2.21. The van der Waals surface area contributed by atoms with Crippen molar-refractivity contribution in [2.75, 3.05) is 25.6 Å². The van der Waals surface area contributed by atoms with Gasteiger partial charge in [0.15, 0.2) is 0 Å². The van der Waals surface area contributed by atoms with Crippen LogP contribution in [0.15, 0.2) is 0 Å². The Kier molecular flexibility index (Phi) is 4.51. The van der Waals surface area contributed by atoms with Gasteiger partial charge in [0.1, 0.15) is 0 Å². The Labute approximate surface area is 90.9 Å². The van der Waals surface area contributed by atoms with E-state index >= 15 is 0 Å². The summed E-state index contributed by atoms with van der Waals surface area (Å²) >= 11 is 0. The maximum absolute atomic E-state index is 11.6. The quantitative estimate of drug-likeness (QED) is 0.697. The molecule has 0 aliphatic carbocycles. The summed E-state index contributed by atoms with van der Waals surface area (Å²) in [5, 5.41) is 9.29. The van der Waals surface area contributed by atoms with Crippen molar-refractivity contribution in [3.05, 3.63) is 0 Å². The minimum Gasteiger partial charge on any atom is -0.394 e. The van der Waals surface area contributed by atoms with E-state index in [1.54, 1.807) is 0 Å². The minimum absolute atomic E-state index is 0.107. The first-order valence-corrected chi connectivity index (χ1v) is 6.89. The van der Waals surface area contributed by atoms with E-state index in [1.807, 2.05) is 6.92 Å². The molecule has 90 valence electrons. The van der Waals surface area contributed by atoms with Gasteiger partial charge in [-0.3, -0.25) is 0 Å². The molecule has 0 saturated carbocycles. The molecule has 0 spiro atoms. The SMILES string of the molecule is CCCS(=O)(=O)NC1(CO)CCOCC1. The average Bonchev–Trinajstić information content (AvgIpc) is 2.18. The molecule has 0 bridgehead atoms. The third-order valence-corrected chi connectivity index (χ3v) is 4.29. The Bertz CT molecular complexity index is 282. The molecule has 5 nitrogen and oxygen atoms in total. The fourth-order valence-electron chi connectivity index (χ4n) is 1.70. The molecule has 1 rings (SSSR count). The van der Waals surface area contributed by atoms with Crippen LogP contribution in [0, 0.1) is 0 Å². The fourth-order valence-corrected chi connectivity index (χ4v) is 3.27. The molecule has 0 atom stereocenters. The summed E-state index contributed by atoms with van der Waals surface area (Å²) in [5.74, 6) is 0.107. The van der Waals surface area contributed by atoms with Crippen LogP contribution < -0.4 is 4.72 Å². The molecular formula is C9H19NO4S. The molecule has 0 aromatic rings. The highest BCUT2D eigenvalue weighted by atomic mass is 32.2. The molecule has 1 saturated heterocycles.